The molecule has 108 valence electrons. The third kappa shape index (κ3) is 2.48. The highest BCUT2D eigenvalue weighted by Gasteiger charge is 2.27. The molecule has 1 unspecified atom stereocenters. The van der Waals surface area contributed by atoms with Gasteiger partial charge in [0, 0.05) is 24.0 Å². The highest BCUT2D eigenvalue weighted by molar-refractivity contribution is 6.08. The maximum absolute atomic E-state index is 12.7. The zero-order valence-corrected chi connectivity index (χ0v) is 11.4. The third-order valence-corrected chi connectivity index (χ3v) is 3.72. The molecule has 0 spiro atoms. The zero-order chi connectivity index (χ0) is 14.8. The van der Waals surface area contributed by atoms with Crippen molar-refractivity contribution >= 4 is 11.6 Å². The lowest BCUT2D eigenvalue weighted by atomic mass is 10.0. The first-order valence-corrected chi connectivity index (χ1v) is 6.90. The number of aromatic hydroxyl groups is 1. The number of nitrogens with zero attached hydrogens (tertiary/aromatic N) is 2. The van der Waals surface area contributed by atoms with E-state index in [9.17, 15) is 15.0 Å². The maximum Gasteiger partial charge on any atom is 0.262 e. The Morgan fingerprint density at radius 2 is 2.10 bits per heavy atom. The van der Waals surface area contributed by atoms with Crippen molar-refractivity contribution in [1.29, 1.82) is 0 Å². The van der Waals surface area contributed by atoms with Crippen LogP contribution in [0.25, 0.3) is 0 Å². The molecule has 0 saturated carbocycles. The summed E-state index contributed by atoms with van der Waals surface area (Å²) in [5.74, 6) is -0.416. The van der Waals surface area contributed by atoms with Gasteiger partial charge in [0.15, 0.2) is 0 Å². The summed E-state index contributed by atoms with van der Waals surface area (Å²) in [4.78, 5) is 18.1. The second-order valence-electron chi connectivity index (χ2n) is 5.07. The number of para-hydroxylation sites is 1. The van der Waals surface area contributed by atoms with E-state index in [2.05, 4.69) is 4.98 Å². The molecule has 1 aromatic carbocycles. The summed E-state index contributed by atoms with van der Waals surface area (Å²) in [5, 5.41) is 20.0. The normalized spacial score (nSPS) is 18.0. The zero-order valence-electron chi connectivity index (χ0n) is 11.4. The van der Waals surface area contributed by atoms with Crippen molar-refractivity contribution < 1.29 is 15.0 Å². The number of aromatic nitrogens is 1. The van der Waals surface area contributed by atoms with Crippen molar-refractivity contribution in [3.05, 3.63) is 53.9 Å². The van der Waals surface area contributed by atoms with Crippen molar-refractivity contribution in [3.8, 4) is 5.75 Å². The van der Waals surface area contributed by atoms with Gasteiger partial charge in [0.1, 0.15) is 5.75 Å². The molecule has 2 aromatic rings. The molecule has 0 fully saturated rings. The summed E-state index contributed by atoms with van der Waals surface area (Å²) < 4.78 is 0. The predicted octanol–water partition coefficient (Wildman–Crippen LogP) is 2.26. The third-order valence-electron chi connectivity index (χ3n) is 3.72. The Labute approximate surface area is 122 Å². The van der Waals surface area contributed by atoms with Crippen LogP contribution < -0.4 is 4.90 Å². The summed E-state index contributed by atoms with van der Waals surface area (Å²) in [7, 11) is 0. The minimum atomic E-state index is -0.565. The van der Waals surface area contributed by atoms with Crippen LogP contribution in [-0.4, -0.2) is 27.6 Å². The van der Waals surface area contributed by atoms with Gasteiger partial charge < -0.3 is 15.1 Å². The van der Waals surface area contributed by atoms with Gasteiger partial charge in [0.25, 0.3) is 5.91 Å². The van der Waals surface area contributed by atoms with E-state index in [1.807, 2.05) is 24.3 Å². The van der Waals surface area contributed by atoms with Crippen molar-refractivity contribution in [2.45, 2.75) is 18.9 Å². The van der Waals surface area contributed by atoms with Crippen molar-refractivity contribution in [3.63, 3.8) is 0 Å². The van der Waals surface area contributed by atoms with Crippen LogP contribution in [0.15, 0.2) is 42.7 Å². The average Bonchev–Trinajstić information content (AvgIpc) is 2.67. The number of anilines is 1. The van der Waals surface area contributed by atoms with Crippen LogP contribution in [0.4, 0.5) is 5.69 Å². The Morgan fingerprint density at radius 1 is 1.29 bits per heavy atom. The SMILES string of the molecule is O=C(c1ccncc1O)N1CCCC(O)c2ccccc21. The number of benzene rings is 1. The van der Waals surface area contributed by atoms with Gasteiger partial charge in [-0.1, -0.05) is 18.2 Å². The molecule has 21 heavy (non-hydrogen) atoms. The predicted molar refractivity (Wildman–Crippen MR) is 78.2 cm³/mol. The molecular weight excluding hydrogens is 268 g/mol. The van der Waals surface area contributed by atoms with Crippen LogP contribution in [0.3, 0.4) is 0 Å². The average molecular weight is 284 g/mol. The van der Waals surface area contributed by atoms with E-state index >= 15 is 0 Å². The molecule has 1 atom stereocenters. The van der Waals surface area contributed by atoms with Gasteiger partial charge in [0.2, 0.25) is 0 Å². The van der Waals surface area contributed by atoms with E-state index in [0.29, 0.717) is 25.1 Å². The van der Waals surface area contributed by atoms with Crippen LogP contribution in [0.1, 0.15) is 34.9 Å². The minimum absolute atomic E-state index is 0.134. The molecule has 2 N–H and O–H groups in total. The summed E-state index contributed by atoms with van der Waals surface area (Å²) in [5.41, 5.74) is 1.66. The Morgan fingerprint density at radius 3 is 2.90 bits per heavy atom. The number of hydrogen-bond donors (Lipinski definition) is 2. The number of aliphatic hydroxyl groups excluding tert-OH is 1. The van der Waals surface area contributed by atoms with Gasteiger partial charge in [-0.2, -0.15) is 0 Å². The fraction of sp³-hybridized carbons (Fsp3) is 0.250. The first-order valence-electron chi connectivity index (χ1n) is 6.90. The number of aliphatic hydroxyl groups is 1. The van der Waals surface area contributed by atoms with Gasteiger partial charge in [0.05, 0.1) is 17.9 Å². The number of pyridine rings is 1. The number of fused-ring (bicyclic) bond motifs is 1. The van der Waals surface area contributed by atoms with Crippen LogP contribution >= 0.6 is 0 Å². The van der Waals surface area contributed by atoms with E-state index in [0.717, 1.165) is 5.56 Å². The molecule has 0 bridgehead atoms. The molecule has 0 aliphatic carbocycles. The van der Waals surface area contributed by atoms with Gasteiger partial charge in [-0.3, -0.25) is 9.78 Å². The van der Waals surface area contributed by atoms with Crippen LogP contribution in [-0.2, 0) is 0 Å². The Bertz CT molecular complexity index is 672. The first kappa shape index (κ1) is 13.6. The Kier molecular flexibility index (Phi) is 3.58. The lowest BCUT2D eigenvalue weighted by Crippen LogP contribution is -2.31. The van der Waals surface area contributed by atoms with E-state index in [-0.39, 0.29) is 17.2 Å². The van der Waals surface area contributed by atoms with Gasteiger partial charge in [-0.05, 0) is 25.0 Å². The standard InChI is InChI=1S/C16H16N2O3/c19-14-6-3-9-18(13-5-2-1-4-11(13)14)16(21)12-7-8-17-10-15(12)20/h1-2,4-5,7-8,10,14,19-20H,3,6,9H2. The maximum atomic E-state index is 12.7. The number of rotatable bonds is 1. The minimum Gasteiger partial charge on any atom is -0.505 e. The smallest absolute Gasteiger partial charge is 0.262 e. The summed E-state index contributed by atoms with van der Waals surface area (Å²) in [6.45, 7) is 0.509. The lowest BCUT2D eigenvalue weighted by molar-refractivity contribution is 0.0984. The van der Waals surface area contributed by atoms with Crippen LogP contribution in [0, 0.1) is 0 Å². The van der Waals surface area contributed by atoms with E-state index in [4.69, 9.17) is 0 Å². The molecule has 0 radical (unpaired) electrons. The molecule has 1 amide bonds. The summed E-state index contributed by atoms with van der Waals surface area (Å²) >= 11 is 0. The molecule has 5 heteroatoms. The number of carbonyl (C=O) groups excluding carboxylic acids is 1. The summed E-state index contributed by atoms with van der Waals surface area (Å²) in [6.07, 6.45) is 3.48. The van der Waals surface area contributed by atoms with Crippen molar-refractivity contribution in [2.24, 2.45) is 0 Å². The van der Waals surface area contributed by atoms with Crippen molar-refractivity contribution in [2.75, 3.05) is 11.4 Å². The largest absolute Gasteiger partial charge is 0.505 e. The molecule has 5 nitrogen and oxygen atoms in total. The summed E-state index contributed by atoms with van der Waals surface area (Å²) in [6, 6.07) is 8.84. The quantitative estimate of drug-likeness (QED) is 0.842. The fourth-order valence-electron chi connectivity index (χ4n) is 2.66. The Balaban J connectivity index is 2.04. The van der Waals surface area contributed by atoms with Crippen LogP contribution in [0.5, 0.6) is 5.75 Å². The molecule has 1 aliphatic heterocycles. The van der Waals surface area contributed by atoms with Gasteiger partial charge >= 0.3 is 0 Å². The van der Waals surface area contributed by atoms with E-state index in [1.165, 1.54) is 18.5 Å². The fourth-order valence-corrected chi connectivity index (χ4v) is 2.66. The topological polar surface area (TPSA) is 73.7 Å². The van der Waals surface area contributed by atoms with Gasteiger partial charge in [-0.15, -0.1) is 0 Å². The number of hydrogen-bond acceptors (Lipinski definition) is 4. The Hall–Kier alpha value is -2.40. The van der Waals surface area contributed by atoms with Crippen LogP contribution in [0.2, 0.25) is 0 Å². The molecule has 0 saturated heterocycles. The number of amides is 1. The second kappa shape index (κ2) is 5.54. The van der Waals surface area contributed by atoms with E-state index < -0.39 is 6.10 Å². The highest BCUT2D eigenvalue weighted by atomic mass is 16.3. The monoisotopic (exact) mass is 284 g/mol. The lowest BCUT2D eigenvalue weighted by Gasteiger charge is -2.23. The molecule has 3 rings (SSSR count). The van der Waals surface area contributed by atoms with Crippen molar-refractivity contribution in [1.82, 2.24) is 4.98 Å². The highest BCUT2D eigenvalue weighted by Crippen LogP contribution is 2.34. The molecule has 1 aliphatic rings. The van der Waals surface area contributed by atoms with E-state index in [1.54, 1.807) is 4.90 Å². The molecular formula is C16H16N2O3. The first-order chi connectivity index (χ1) is 10.2. The molecule has 2 heterocycles. The molecule has 1 aromatic heterocycles. The van der Waals surface area contributed by atoms with Gasteiger partial charge in [-0.25, -0.2) is 0 Å². The second-order valence-corrected chi connectivity index (χ2v) is 5.07. The number of carbonyl (C=O) groups is 1.